The zero-order chi connectivity index (χ0) is 32.8. The maximum absolute atomic E-state index is 13.2. The third kappa shape index (κ3) is 7.82. The van der Waals surface area contributed by atoms with Gasteiger partial charge in [0.25, 0.3) is 5.91 Å². The van der Waals surface area contributed by atoms with Gasteiger partial charge in [-0.25, -0.2) is 4.79 Å². The lowest BCUT2D eigenvalue weighted by atomic mass is 9.89. The molecule has 5 rings (SSSR count). The van der Waals surface area contributed by atoms with Gasteiger partial charge in [0.1, 0.15) is 11.5 Å². The lowest BCUT2D eigenvalue weighted by molar-refractivity contribution is -0.137. The van der Waals surface area contributed by atoms with Gasteiger partial charge < -0.3 is 15.2 Å². The molecule has 8 heteroatoms. The summed E-state index contributed by atoms with van der Waals surface area (Å²) in [6, 6.07) is 31.9. The van der Waals surface area contributed by atoms with E-state index in [0.717, 1.165) is 22.8 Å². The van der Waals surface area contributed by atoms with Crippen LogP contribution in [0.15, 0.2) is 115 Å². The number of amides is 1. The number of benzene rings is 5. The Hall–Kier alpha value is -5.37. The maximum Gasteiger partial charge on any atom is 0.416 e. The highest BCUT2D eigenvalue weighted by atomic mass is 19.4. The average Bonchev–Trinajstić information content (AvgIpc) is 3.04. The summed E-state index contributed by atoms with van der Waals surface area (Å²) in [5.74, 6) is -0.463. The maximum atomic E-state index is 13.2. The molecule has 5 aromatic rings. The first-order valence-corrected chi connectivity index (χ1v) is 14.8. The highest BCUT2D eigenvalue weighted by Gasteiger charge is 2.30. The number of nitrogens with one attached hydrogen (secondary N) is 1. The normalized spacial score (nSPS) is 11.3. The van der Waals surface area contributed by atoms with Crippen molar-refractivity contribution in [1.82, 2.24) is 0 Å². The third-order valence-corrected chi connectivity index (χ3v) is 7.58. The van der Waals surface area contributed by atoms with E-state index in [9.17, 15) is 27.9 Å². The van der Waals surface area contributed by atoms with Crippen LogP contribution in [0.3, 0.4) is 0 Å². The van der Waals surface area contributed by atoms with E-state index in [1.54, 1.807) is 42.5 Å². The van der Waals surface area contributed by atoms with Crippen molar-refractivity contribution in [3.63, 3.8) is 0 Å². The Bertz CT molecular complexity index is 1850. The van der Waals surface area contributed by atoms with Gasteiger partial charge in [0, 0.05) is 5.56 Å². The monoisotopic (exact) mass is 623 g/mol. The fourth-order valence-electron chi connectivity index (χ4n) is 5.20. The first-order valence-electron chi connectivity index (χ1n) is 14.8. The number of ether oxygens (including phenoxy) is 1. The summed E-state index contributed by atoms with van der Waals surface area (Å²) in [6.07, 6.45) is -3.49. The summed E-state index contributed by atoms with van der Waals surface area (Å²) in [7, 11) is 0. The van der Waals surface area contributed by atoms with Gasteiger partial charge >= 0.3 is 12.1 Å². The second kappa shape index (κ2) is 13.7. The Morgan fingerprint density at radius 2 is 1.39 bits per heavy atom. The predicted octanol–water partition coefficient (Wildman–Crippen LogP) is 10.0. The molecule has 46 heavy (non-hydrogen) atoms. The molecule has 0 atom stereocenters. The molecule has 0 aromatic heterocycles. The fraction of sp³-hybridized carbons (Fsp3) is 0.158. The van der Waals surface area contributed by atoms with Gasteiger partial charge in [-0.15, -0.1) is 0 Å². The number of carbonyl (C=O) groups excluding carboxylic acids is 1. The number of hydrogen-bond donors (Lipinski definition) is 2. The molecule has 0 spiro atoms. The Balaban J connectivity index is 1.38. The Morgan fingerprint density at radius 1 is 0.761 bits per heavy atom. The lowest BCUT2D eigenvalue weighted by Gasteiger charge is -2.19. The summed E-state index contributed by atoms with van der Waals surface area (Å²) in [5.41, 5.74) is 3.56. The number of para-hydroxylation sites is 1. The highest BCUT2D eigenvalue weighted by molar-refractivity contribution is 6.08. The molecule has 0 aliphatic heterocycles. The molecule has 0 bridgehead atoms. The van der Waals surface area contributed by atoms with Crippen molar-refractivity contribution in [3.05, 3.63) is 149 Å². The summed E-state index contributed by atoms with van der Waals surface area (Å²) in [6.45, 7) is 3.96. The van der Waals surface area contributed by atoms with E-state index in [1.807, 2.05) is 68.4 Å². The SMILES string of the molecule is CC(C)c1cc(NC(=O)c2ccc(Oc3ccccc3)cc2)c(C(=O)O)cc1-c1cccc(CCc2cccc(C(F)(F)F)c2)c1. The molecule has 234 valence electrons. The van der Waals surface area contributed by atoms with Gasteiger partial charge in [-0.3, -0.25) is 4.79 Å². The number of aromatic carboxylic acids is 1. The molecule has 0 saturated carbocycles. The van der Waals surface area contributed by atoms with Gasteiger partial charge in [0.05, 0.1) is 16.8 Å². The molecule has 5 aromatic carbocycles. The van der Waals surface area contributed by atoms with Crippen molar-refractivity contribution in [2.75, 3.05) is 5.32 Å². The van der Waals surface area contributed by atoms with Gasteiger partial charge in [-0.2, -0.15) is 13.2 Å². The van der Waals surface area contributed by atoms with Crippen LogP contribution in [0.25, 0.3) is 11.1 Å². The van der Waals surface area contributed by atoms with E-state index < -0.39 is 23.6 Å². The van der Waals surface area contributed by atoms with Gasteiger partial charge in [0.2, 0.25) is 0 Å². The largest absolute Gasteiger partial charge is 0.478 e. The van der Waals surface area contributed by atoms with Crippen LogP contribution in [0.5, 0.6) is 11.5 Å². The van der Waals surface area contributed by atoms with Crippen LogP contribution in [0.4, 0.5) is 18.9 Å². The Morgan fingerprint density at radius 3 is 2.02 bits per heavy atom. The smallest absolute Gasteiger partial charge is 0.416 e. The van der Waals surface area contributed by atoms with Crippen LogP contribution in [0, 0.1) is 0 Å². The van der Waals surface area contributed by atoms with E-state index in [0.29, 0.717) is 41.0 Å². The van der Waals surface area contributed by atoms with Crippen molar-refractivity contribution >= 4 is 17.6 Å². The average molecular weight is 624 g/mol. The molecule has 0 heterocycles. The van der Waals surface area contributed by atoms with E-state index in [4.69, 9.17) is 4.74 Å². The van der Waals surface area contributed by atoms with Crippen LogP contribution < -0.4 is 10.1 Å². The minimum atomic E-state index is -4.40. The minimum Gasteiger partial charge on any atom is -0.478 e. The zero-order valence-corrected chi connectivity index (χ0v) is 25.3. The number of hydrogen-bond acceptors (Lipinski definition) is 3. The molecule has 0 saturated heterocycles. The van der Waals surface area contributed by atoms with Crippen LogP contribution in [-0.4, -0.2) is 17.0 Å². The summed E-state index contributed by atoms with van der Waals surface area (Å²) < 4.78 is 45.3. The lowest BCUT2D eigenvalue weighted by Crippen LogP contribution is -2.15. The number of carbonyl (C=O) groups is 2. The van der Waals surface area contributed by atoms with Gasteiger partial charge in [-0.1, -0.05) is 74.5 Å². The number of carboxylic acids is 1. The first-order chi connectivity index (χ1) is 22.0. The van der Waals surface area contributed by atoms with E-state index >= 15 is 0 Å². The predicted molar refractivity (Wildman–Crippen MR) is 173 cm³/mol. The minimum absolute atomic E-state index is 0.0170. The molecule has 0 unspecified atom stereocenters. The van der Waals surface area contributed by atoms with Crippen molar-refractivity contribution in [3.8, 4) is 22.6 Å². The van der Waals surface area contributed by atoms with Crippen LogP contribution in [-0.2, 0) is 19.0 Å². The van der Waals surface area contributed by atoms with Crippen molar-refractivity contribution in [2.24, 2.45) is 0 Å². The molecular formula is C38H32F3NO4. The fourth-order valence-corrected chi connectivity index (χ4v) is 5.20. The van der Waals surface area contributed by atoms with E-state index in [1.165, 1.54) is 12.1 Å². The van der Waals surface area contributed by atoms with Crippen LogP contribution >= 0.6 is 0 Å². The summed E-state index contributed by atoms with van der Waals surface area (Å²) in [4.78, 5) is 25.6. The molecular weight excluding hydrogens is 591 g/mol. The second-order valence-electron chi connectivity index (χ2n) is 11.2. The number of rotatable bonds is 10. The first kappa shape index (κ1) is 32.0. The van der Waals surface area contributed by atoms with Crippen LogP contribution in [0.2, 0.25) is 0 Å². The van der Waals surface area contributed by atoms with Gasteiger partial charge in [0.15, 0.2) is 0 Å². The molecule has 1 amide bonds. The summed E-state index contributed by atoms with van der Waals surface area (Å²) in [5, 5.41) is 12.9. The molecule has 2 N–H and O–H groups in total. The van der Waals surface area contributed by atoms with Crippen molar-refractivity contribution in [1.29, 1.82) is 0 Å². The Labute approximate surface area is 265 Å². The zero-order valence-electron chi connectivity index (χ0n) is 25.3. The van der Waals surface area contributed by atoms with E-state index in [2.05, 4.69) is 5.32 Å². The van der Waals surface area contributed by atoms with Crippen LogP contribution in [0.1, 0.15) is 62.7 Å². The standard InChI is InChI=1S/C38H32F3NO4/c1-24(2)32-23-35(42-36(43)27-16-18-31(19-17-27)46-30-12-4-3-5-13-30)34(37(44)45)22-33(32)28-10-6-8-25(20-28)14-15-26-9-7-11-29(21-26)38(39,40)41/h3-13,16-24H,14-15H2,1-2H3,(H,42,43)(H,44,45). The number of alkyl halides is 3. The molecule has 0 aliphatic carbocycles. The topological polar surface area (TPSA) is 75.6 Å². The number of halogens is 3. The number of aryl methyl sites for hydroxylation is 2. The molecule has 0 fully saturated rings. The molecule has 5 nitrogen and oxygen atoms in total. The highest BCUT2D eigenvalue weighted by Crippen LogP contribution is 2.35. The molecule has 0 radical (unpaired) electrons. The number of anilines is 1. The third-order valence-electron chi connectivity index (χ3n) is 7.58. The number of carboxylic acid groups (broad SMARTS) is 1. The molecule has 0 aliphatic rings. The van der Waals surface area contributed by atoms with Gasteiger partial charge in [-0.05, 0) is 101 Å². The second-order valence-corrected chi connectivity index (χ2v) is 11.2. The van der Waals surface area contributed by atoms with Crippen molar-refractivity contribution in [2.45, 2.75) is 38.8 Å². The van der Waals surface area contributed by atoms with E-state index in [-0.39, 0.29) is 17.2 Å². The quantitative estimate of drug-likeness (QED) is 0.162. The van der Waals surface area contributed by atoms with Crippen molar-refractivity contribution < 1.29 is 32.6 Å². The Kier molecular flexibility index (Phi) is 9.56. The summed E-state index contributed by atoms with van der Waals surface area (Å²) >= 11 is 0.